The van der Waals surface area contributed by atoms with E-state index in [0.29, 0.717) is 5.06 Å². The van der Waals surface area contributed by atoms with Crippen molar-refractivity contribution in [1.29, 1.82) is 0 Å². The summed E-state index contributed by atoms with van der Waals surface area (Å²) >= 11 is 4.46. The maximum absolute atomic E-state index is 10.1. The zero-order valence-corrected chi connectivity index (χ0v) is 8.11. The second-order valence-electron chi connectivity index (χ2n) is 1.43. The van der Waals surface area contributed by atoms with E-state index in [9.17, 15) is 4.57 Å². The van der Waals surface area contributed by atoms with Gasteiger partial charge in [0.15, 0.2) is 5.06 Å². The number of hydrogen-bond donors (Lipinski definition) is 1. The van der Waals surface area contributed by atoms with Crippen molar-refractivity contribution >= 4 is 35.5 Å². The van der Waals surface area contributed by atoms with Crippen LogP contribution in [0.1, 0.15) is 0 Å². The highest BCUT2D eigenvalue weighted by Crippen LogP contribution is 2.33. The maximum Gasteiger partial charge on any atom is 0.365 e. The van der Waals surface area contributed by atoms with E-state index in [1.54, 1.807) is 12.1 Å². The van der Waals surface area contributed by atoms with Gasteiger partial charge < -0.3 is 9.42 Å². The average Bonchev–Trinajstić information content (AvgIpc) is 2.13. The van der Waals surface area contributed by atoms with Crippen LogP contribution in [0.4, 0.5) is 0 Å². The largest absolute Gasteiger partial charge is 0.416 e. The van der Waals surface area contributed by atoms with E-state index in [-0.39, 0.29) is 0 Å². The van der Waals surface area contributed by atoms with Gasteiger partial charge in [0.2, 0.25) is 0 Å². The number of hydrogen-bond acceptors (Lipinski definition) is 3. The monoisotopic (exact) mass is 242 g/mol. The molecule has 0 fully saturated rings. The Kier molecular flexibility index (Phi) is 2.92. The molecule has 3 nitrogen and oxygen atoms in total. The van der Waals surface area contributed by atoms with Gasteiger partial charge in [-0.05, 0) is 28.1 Å². The Hall–Kier alpha value is 0.170. The Balaban J connectivity index is 2.67. The molecule has 1 heterocycles. The zero-order valence-electron chi connectivity index (χ0n) is 4.70. The van der Waals surface area contributed by atoms with Gasteiger partial charge in [-0.25, -0.2) is 4.57 Å². The molecule has 1 N–H and O–H groups in total. The van der Waals surface area contributed by atoms with Crippen LogP contribution in [0.15, 0.2) is 15.9 Å². The minimum atomic E-state index is -2.83. The minimum absolute atomic E-state index is 0.457. The van der Waals surface area contributed by atoms with E-state index in [1.165, 1.54) is 11.3 Å². The van der Waals surface area contributed by atoms with Crippen LogP contribution in [-0.2, 0) is 4.57 Å². The van der Waals surface area contributed by atoms with Crippen LogP contribution >= 0.6 is 35.5 Å². The quantitative estimate of drug-likeness (QED) is 0.810. The third-order valence-corrected chi connectivity index (χ3v) is 2.78. The molecule has 0 spiro atoms. The number of halogens is 1. The fourth-order valence-corrected chi connectivity index (χ4v) is 2.13. The molecule has 0 amide bonds. The molecule has 0 saturated carbocycles. The molecule has 0 aromatic carbocycles. The van der Waals surface area contributed by atoms with E-state index in [0.717, 1.165) is 3.79 Å². The van der Waals surface area contributed by atoms with Crippen LogP contribution in [0.2, 0.25) is 0 Å². The van der Waals surface area contributed by atoms with Crippen LogP contribution in [0.5, 0.6) is 5.06 Å². The van der Waals surface area contributed by atoms with Gasteiger partial charge >= 0.3 is 8.25 Å². The van der Waals surface area contributed by atoms with E-state index in [1.807, 2.05) is 0 Å². The van der Waals surface area contributed by atoms with E-state index >= 15 is 0 Å². The lowest BCUT2D eigenvalue weighted by Crippen LogP contribution is -1.71. The number of rotatable bonds is 2. The third-order valence-electron chi connectivity index (χ3n) is 0.736. The first kappa shape index (κ1) is 8.27. The van der Waals surface area contributed by atoms with Crippen molar-refractivity contribution in [2.75, 3.05) is 0 Å². The number of thiophene rings is 1. The molecule has 0 aliphatic rings. The maximum atomic E-state index is 10.1. The zero-order chi connectivity index (χ0) is 7.56. The predicted molar refractivity (Wildman–Crippen MR) is 43.9 cm³/mol. The van der Waals surface area contributed by atoms with Gasteiger partial charge in [-0.1, -0.05) is 11.3 Å². The van der Waals surface area contributed by atoms with Gasteiger partial charge in [-0.3, -0.25) is 0 Å². The van der Waals surface area contributed by atoms with Crippen molar-refractivity contribution in [3.63, 3.8) is 0 Å². The summed E-state index contributed by atoms with van der Waals surface area (Å²) in [4.78, 5) is 8.33. The van der Waals surface area contributed by atoms with Crippen LogP contribution in [0, 0.1) is 0 Å². The molecule has 6 heteroatoms. The first-order valence-corrected chi connectivity index (χ1v) is 5.22. The van der Waals surface area contributed by atoms with Crippen LogP contribution in [-0.4, -0.2) is 4.89 Å². The van der Waals surface area contributed by atoms with Gasteiger partial charge in [0, 0.05) is 0 Å². The molecule has 1 rings (SSSR count). The molecule has 0 radical (unpaired) electrons. The standard InChI is InChI=1S/C4H4BrO3PS/c5-3-1-2-4(10-3)8-9(6)7/h1-2,9H,(H,6,7). The molecule has 1 aromatic rings. The van der Waals surface area contributed by atoms with E-state index in [2.05, 4.69) is 20.5 Å². The summed E-state index contributed by atoms with van der Waals surface area (Å²) in [7, 11) is -2.83. The molecule has 1 atom stereocenters. The van der Waals surface area contributed by atoms with Gasteiger partial charge in [-0.2, -0.15) is 0 Å². The second-order valence-corrected chi connectivity index (χ2v) is 4.59. The Morgan fingerprint density at radius 1 is 1.70 bits per heavy atom. The van der Waals surface area contributed by atoms with Crippen LogP contribution in [0.3, 0.4) is 0 Å². The molecule has 1 unspecified atom stereocenters. The molecule has 0 aliphatic carbocycles. The van der Waals surface area contributed by atoms with Crippen molar-refractivity contribution < 1.29 is 14.0 Å². The molecule has 0 bridgehead atoms. The topological polar surface area (TPSA) is 46.5 Å². The molecule has 1 aromatic heterocycles. The van der Waals surface area contributed by atoms with Crippen molar-refractivity contribution in [3.05, 3.63) is 15.9 Å². The van der Waals surface area contributed by atoms with Crippen molar-refractivity contribution in [1.82, 2.24) is 0 Å². The molecule has 56 valence electrons. The molecular weight excluding hydrogens is 239 g/mol. The van der Waals surface area contributed by atoms with Gasteiger partial charge in [0.1, 0.15) is 0 Å². The SMILES string of the molecule is O=[PH](O)Oc1ccc(Br)s1. The lowest BCUT2D eigenvalue weighted by Gasteiger charge is -1.93. The lowest BCUT2D eigenvalue weighted by molar-refractivity contribution is 0.415. The normalized spacial score (nSPS) is 13.0. The average molecular weight is 243 g/mol. The van der Waals surface area contributed by atoms with Crippen molar-refractivity contribution in [2.45, 2.75) is 0 Å². The first-order valence-electron chi connectivity index (χ1n) is 2.34. The summed E-state index contributed by atoms with van der Waals surface area (Å²) in [6.07, 6.45) is 0. The lowest BCUT2D eigenvalue weighted by atomic mass is 10.7. The second kappa shape index (κ2) is 3.53. The van der Waals surface area contributed by atoms with E-state index in [4.69, 9.17) is 4.89 Å². The summed E-state index contributed by atoms with van der Waals surface area (Å²) in [6, 6.07) is 3.39. The van der Waals surface area contributed by atoms with Crippen LogP contribution < -0.4 is 4.52 Å². The first-order chi connectivity index (χ1) is 4.68. The summed E-state index contributed by atoms with van der Waals surface area (Å²) in [5.74, 6) is 0. The van der Waals surface area contributed by atoms with Gasteiger partial charge in [-0.15, -0.1) is 0 Å². The highest BCUT2D eigenvalue weighted by molar-refractivity contribution is 9.11. The Morgan fingerprint density at radius 2 is 2.40 bits per heavy atom. The molecular formula is C4H4BrO3PS. The predicted octanol–water partition coefficient (Wildman–Crippen LogP) is 2.27. The van der Waals surface area contributed by atoms with Crippen molar-refractivity contribution in [2.24, 2.45) is 0 Å². The minimum Gasteiger partial charge on any atom is -0.416 e. The smallest absolute Gasteiger partial charge is 0.365 e. The van der Waals surface area contributed by atoms with E-state index < -0.39 is 8.25 Å². The van der Waals surface area contributed by atoms with Gasteiger partial charge in [0.05, 0.1) is 3.79 Å². The Labute approximate surface area is 70.7 Å². The van der Waals surface area contributed by atoms with Crippen LogP contribution in [0.25, 0.3) is 0 Å². The Morgan fingerprint density at radius 3 is 2.80 bits per heavy atom. The highest BCUT2D eigenvalue weighted by atomic mass is 79.9. The van der Waals surface area contributed by atoms with Gasteiger partial charge in [0.25, 0.3) is 0 Å². The summed E-state index contributed by atoms with van der Waals surface area (Å²) in [5, 5.41) is 0.457. The Bertz CT molecular complexity index is 248. The fourth-order valence-electron chi connectivity index (χ4n) is 0.439. The summed E-state index contributed by atoms with van der Waals surface area (Å²) < 4.78 is 15.5. The molecule has 0 aliphatic heterocycles. The van der Waals surface area contributed by atoms with Crippen molar-refractivity contribution in [3.8, 4) is 5.06 Å². The molecule has 10 heavy (non-hydrogen) atoms. The molecule has 0 saturated heterocycles. The summed E-state index contributed by atoms with van der Waals surface area (Å²) in [5.41, 5.74) is 0. The fraction of sp³-hybridized carbons (Fsp3) is 0. The summed E-state index contributed by atoms with van der Waals surface area (Å²) in [6.45, 7) is 0. The highest BCUT2D eigenvalue weighted by Gasteiger charge is 1.99. The third kappa shape index (κ3) is 2.42.